The fourth-order valence-electron chi connectivity index (χ4n) is 3.97. The molecular formula is C19H29N3O4S. The molecule has 0 aliphatic carbocycles. The third-order valence-corrected chi connectivity index (χ3v) is 7.31. The molecule has 1 aromatic carbocycles. The van der Waals surface area contributed by atoms with Crippen LogP contribution in [0.5, 0.6) is 5.75 Å². The first kappa shape index (κ1) is 20.1. The van der Waals surface area contributed by atoms with Crippen molar-refractivity contribution in [2.24, 2.45) is 5.92 Å². The van der Waals surface area contributed by atoms with Gasteiger partial charge in [-0.1, -0.05) is 0 Å². The third-order valence-electron chi connectivity index (χ3n) is 5.39. The third kappa shape index (κ3) is 4.28. The van der Waals surface area contributed by atoms with Gasteiger partial charge in [-0.3, -0.25) is 4.79 Å². The zero-order valence-electron chi connectivity index (χ0n) is 16.1. The predicted octanol–water partition coefficient (Wildman–Crippen LogP) is 1.55. The normalized spacial score (nSPS) is 21.4. The Morgan fingerprint density at radius 3 is 2.63 bits per heavy atom. The Balaban J connectivity index is 1.87. The first-order valence-corrected chi connectivity index (χ1v) is 11.0. The highest BCUT2D eigenvalue weighted by Crippen LogP contribution is 2.30. The number of carbonyl (C=O) groups excluding carboxylic acids is 1. The van der Waals surface area contributed by atoms with Crippen molar-refractivity contribution in [2.75, 3.05) is 46.9 Å². The van der Waals surface area contributed by atoms with Crippen molar-refractivity contribution in [3.8, 4) is 5.75 Å². The van der Waals surface area contributed by atoms with Gasteiger partial charge >= 0.3 is 0 Å². The molecule has 2 aliphatic rings. The Bertz CT molecular complexity index is 773. The molecule has 1 N–H and O–H groups in total. The smallest absolute Gasteiger partial charge is 0.253 e. The van der Waals surface area contributed by atoms with Gasteiger partial charge in [-0.05, 0) is 63.4 Å². The molecule has 2 saturated heterocycles. The monoisotopic (exact) mass is 395 g/mol. The van der Waals surface area contributed by atoms with Gasteiger partial charge in [0.2, 0.25) is 10.0 Å². The molecule has 27 heavy (non-hydrogen) atoms. The SMILES string of the molecule is CNCC1CCCN(C(=O)c2ccc(OC)c(S(=O)(=O)N3CCCC3)c2)C1. The number of likely N-dealkylation sites (tertiary alicyclic amines) is 1. The van der Waals surface area contributed by atoms with E-state index in [1.54, 1.807) is 12.1 Å². The van der Waals surface area contributed by atoms with Crippen molar-refractivity contribution in [3.63, 3.8) is 0 Å². The maximum Gasteiger partial charge on any atom is 0.253 e. The van der Waals surface area contributed by atoms with Crippen LogP contribution in [0.25, 0.3) is 0 Å². The molecule has 0 saturated carbocycles. The summed E-state index contributed by atoms with van der Waals surface area (Å²) in [4.78, 5) is 14.9. The fourth-order valence-corrected chi connectivity index (χ4v) is 5.66. The second-order valence-corrected chi connectivity index (χ2v) is 9.20. The van der Waals surface area contributed by atoms with Gasteiger partial charge in [-0.15, -0.1) is 0 Å². The summed E-state index contributed by atoms with van der Waals surface area (Å²) in [5.74, 6) is 0.597. The summed E-state index contributed by atoms with van der Waals surface area (Å²) in [6.45, 7) is 3.31. The van der Waals surface area contributed by atoms with Crippen molar-refractivity contribution >= 4 is 15.9 Å². The van der Waals surface area contributed by atoms with Gasteiger partial charge in [0, 0.05) is 31.7 Å². The maximum absolute atomic E-state index is 13.0. The van der Waals surface area contributed by atoms with E-state index in [1.807, 2.05) is 11.9 Å². The second-order valence-electron chi connectivity index (χ2n) is 7.29. The highest BCUT2D eigenvalue weighted by molar-refractivity contribution is 7.89. The van der Waals surface area contributed by atoms with Crippen LogP contribution < -0.4 is 10.1 Å². The molecule has 1 aromatic rings. The molecular weight excluding hydrogens is 366 g/mol. The molecule has 150 valence electrons. The number of rotatable bonds is 6. The zero-order valence-corrected chi connectivity index (χ0v) is 16.9. The standard InChI is InChI=1S/C19H29N3O4S/c1-20-13-15-6-5-9-21(14-15)19(23)16-7-8-17(26-2)18(12-16)27(24,25)22-10-3-4-11-22/h7-8,12,15,20H,3-6,9-11,13-14H2,1-2H3. The van der Waals surface area contributed by atoms with Crippen LogP contribution in [0.15, 0.2) is 23.1 Å². The van der Waals surface area contributed by atoms with Gasteiger partial charge in [-0.25, -0.2) is 8.42 Å². The Morgan fingerprint density at radius 1 is 1.22 bits per heavy atom. The second kappa shape index (κ2) is 8.58. The van der Waals surface area contributed by atoms with E-state index in [0.29, 0.717) is 37.7 Å². The van der Waals surface area contributed by atoms with Crippen LogP contribution in [0.1, 0.15) is 36.0 Å². The van der Waals surface area contributed by atoms with E-state index in [1.165, 1.54) is 17.5 Å². The molecule has 3 rings (SSSR count). The summed E-state index contributed by atoms with van der Waals surface area (Å²) >= 11 is 0. The number of hydrogen-bond donors (Lipinski definition) is 1. The van der Waals surface area contributed by atoms with Crippen LogP contribution >= 0.6 is 0 Å². The molecule has 1 amide bonds. The number of ether oxygens (including phenoxy) is 1. The number of sulfonamides is 1. The maximum atomic E-state index is 13.0. The number of nitrogens with zero attached hydrogens (tertiary/aromatic N) is 2. The fraction of sp³-hybridized carbons (Fsp3) is 0.632. The number of piperidine rings is 1. The van der Waals surface area contributed by atoms with E-state index in [2.05, 4.69) is 5.32 Å². The minimum absolute atomic E-state index is 0.0848. The molecule has 0 bridgehead atoms. The Labute approximate surface area is 161 Å². The average Bonchev–Trinajstić information content (AvgIpc) is 3.23. The topological polar surface area (TPSA) is 79.0 Å². The summed E-state index contributed by atoms with van der Waals surface area (Å²) in [6.07, 6.45) is 3.79. The number of benzene rings is 1. The van der Waals surface area contributed by atoms with Gasteiger partial charge in [-0.2, -0.15) is 4.31 Å². The molecule has 1 unspecified atom stereocenters. The molecule has 8 heteroatoms. The van der Waals surface area contributed by atoms with Crippen LogP contribution in [0, 0.1) is 5.92 Å². The van der Waals surface area contributed by atoms with Crippen LogP contribution in [0.2, 0.25) is 0 Å². The quantitative estimate of drug-likeness (QED) is 0.791. The molecule has 7 nitrogen and oxygen atoms in total. The largest absolute Gasteiger partial charge is 0.495 e. The number of methoxy groups -OCH3 is 1. The summed E-state index contributed by atoms with van der Waals surface area (Å²) in [5, 5.41) is 3.17. The van der Waals surface area contributed by atoms with Crippen LogP contribution in [0.4, 0.5) is 0 Å². The Hall–Kier alpha value is -1.64. The molecule has 1 atom stereocenters. The van der Waals surface area contributed by atoms with E-state index >= 15 is 0 Å². The van der Waals surface area contributed by atoms with Crippen molar-refractivity contribution in [3.05, 3.63) is 23.8 Å². The van der Waals surface area contributed by atoms with Crippen LogP contribution in [0.3, 0.4) is 0 Å². The first-order chi connectivity index (χ1) is 13.0. The van der Waals surface area contributed by atoms with E-state index < -0.39 is 10.0 Å². The predicted molar refractivity (Wildman–Crippen MR) is 104 cm³/mol. The van der Waals surface area contributed by atoms with E-state index in [4.69, 9.17) is 4.74 Å². The molecule has 0 spiro atoms. The Morgan fingerprint density at radius 2 is 1.96 bits per heavy atom. The van der Waals surface area contributed by atoms with Crippen LogP contribution in [-0.4, -0.2) is 70.4 Å². The molecule has 2 fully saturated rings. The van der Waals surface area contributed by atoms with Crippen molar-refractivity contribution in [1.82, 2.24) is 14.5 Å². The van der Waals surface area contributed by atoms with Crippen molar-refractivity contribution in [2.45, 2.75) is 30.6 Å². The summed E-state index contributed by atoms with van der Waals surface area (Å²) in [5.41, 5.74) is 0.402. The number of amides is 1. The van der Waals surface area contributed by atoms with E-state index in [9.17, 15) is 13.2 Å². The summed E-state index contributed by atoms with van der Waals surface area (Å²) in [6, 6.07) is 4.73. The van der Waals surface area contributed by atoms with Gasteiger partial charge < -0.3 is 15.0 Å². The molecule has 2 aliphatic heterocycles. The first-order valence-electron chi connectivity index (χ1n) is 9.59. The zero-order chi connectivity index (χ0) is 19.4. The van der Waals surface area contributed by atoms with Gasteiger partial charge in [0.1, 0.15) is 10.6 Å². The molecule has 0 radical (unpaired) electrons. The van der Waals surface area contributed by atoms with Gasteiger partial charge in [0.25, 0.3) is 5.91 Å². The van der Waals surface area contributed by atoms with Gasteiger partial charge in [0.05, 0.1) is 7.11 Å². The minimum atomic E-state index is -3.66. The highest BCUT2D eigenvalue weighted by atomic mass is 32.2. The lowest BCUT2D eigenvalue weighted by atomic mass is 9.97. The lowest BCUT2D eigenvalue weighted by molar-refractivity contribution is 0.0674. The average molecular weight is 396 g/mol. The minimum Gasteiger partial charge on any atom is -0.495 e. The number of carbonyl (C=O) groups is 1. The van der Waals surface area contributed by atoms with Crippen molar-refractivity contribution < 1.29 is 17.9 Å². The summed E-state index contributed by atoms with van der Waals surface area (Å²) in [7, 11) is -0.292. The molecule has 2 heterocycles. The number of hydrogen-bond acceptors (Lipinski definition) is 5. The van der Waals surface area contributed by atoms with E-state index in [-0.39, 0.29) is 16.6 Å². The summed E-state index contributed by atoms with van der Waals surface area (Å²) < 4.78 is 32.8. The lowest BCUT2D eigenvalue weighted by Gasteiger charge is -2.33. The van der Waals surface area contributed by atoms with Crippen LogP contribution in [-0.2, 0) is 10.0 Å². The molecule has 0 aromatic heterocycles. The Kier molecular flexibility index (Phi) is 6.39. The highest BCUT2D eigenvalue weighted by Gasteiger charge is 2.31. The lowest BCUT2D eigenvalue weighted by Crippen LogP contribution is -2.42. The number of nitrogens with one attached hydrogen (secondary N) is 1. The van der Waals surface area contributed by atoms with E-state index in [0.717, 1.165) is 32.2 Å². The van der Waals surface area contributed by atoms with Crippen molar-refractivity contribution in [1.29, 1.82) is 0 Å². The van der Waals surface area contributed by atoms with Gasteiger partial charge in [0.15, 0.2) is 0 Å².